The van der Waals surface area contributed by atoms with Crippen LogP contribution in [0.4, 0.5) is 5.69 Å². The number of guanidine groups is 1. The number of aliphatic imine (C=N–C) groups is 1. The van der Waals surface area contributed by atoms with E-state index in [1.54, 1.807) is 7.11 Å². The topological polar surface area (TPSA) is 79.6 Å². The number of anilines is 1. The number of fused-ring (bicyclic) bond motifs is 1. The van der Waals surface area contributed by atoms with Gasteiger partial charge in [-0.05, 0) is 31.4 Å². The van der Waals surface area contributed by atoms with E-state index < -0.39 is 0 Å². The van der Waals surface area contributed by atoms with Gasteiger partial charge in [0.2, 0.25) is 0 Å². The summed E-state index contributed by atoms with van der Waals surface area (Å²) in [6.07, 6.45) is 4.51. The van der Waals surface area contributed by atoms with Crippen LogP contribution in [-0.2, 0) is 19.5 Å². The van der Waals surface area contributed by atoms with Crippen molar-refractivity contribution in [2.24, 2.45) is 4.99 Å². The minimum absolute atomic E-state index is 0.352. The van der Waals surface area contributed by atoms with Crippen molar-refractivity contribution < 1.29 is 4.74 Å². The Morgan fingerprint density at radius 2 is 2.21 bits per heavy atom. The highest BCUT2D eigenvalue weighted by atomic mass is 16.5. The summed E-state index contributed by atoms with van der Waals surface area (Å²) in [6, 6.07) is 8.58. The molecule has 1 aromatic heterocycles. The standard InChI is InChI=1S/C20H29N7O/c1-21-20(22-13-19-25-24-18-8-3-4-10-27(18)19)23-15-9-11-26(14-15)16-6-5-7-17(12-16)28-2/h5-7,12,15H,3-4,8-11,13-14H2,1-2H3,(H2,21,22,23). The average molecular weight is 384 g/mol. The Hall–Kier alpha value is -2.77. The fraction of sp³-hybridized carbons (Fsp3) is 0.550. The molecule has 2 aliphatic heterocycles. The molecule has 4 rings (SSSR count). The first-order chi connectivity index (χ1) is 13.8. The largest absolute Gasteiger partial charge is 0.497 e. The van der Waals surface area contributed by atoms with Gasteiger partial charge in [0.15, 0.2) is 11.8 Å². The van der Waals surface area contributed by atoms with Gasteiger partial charge in [0.1, 0.15) is 11.6 Å². The third-order valence-electron chi connectivity index (χ3n) is 5.52. The maximum atomic E-state index is 5.35. The Morgan fingerprint density at radius 1 is 1.29 bits per heavy atom. The van der Waals surface area contributed by atoms with E-state index in [0.29, 0.717) is 12.6 Å². The van der Waals surface area contributed by atoms with E-state index in [0.717, 1.165) is 55.8 Å². The summed E-state index contributed by atoms with van der Waals surface area (Å²) < 4.78 is 7.59. The zero-order valence-electron chi connectivity index (χ0n) is 16.7. The van der Waals surface area contributed by atoms with Gasteiger partial charge in [-0.1, -0.05) is 6.07 Å². The van der Waals surface area contributed by atoms with E-state index in [4.69, 9.17) is 4.74 Å². The van der Waals surface area contributed by atoms with E-state index >= 15 is 0 Å². The first kappa shape index (κ1) is 18.6. The van der Waals surface area contributed by atoms with Gasteiger partial charge in [-0.25, -0.2) is 0 Å². The first-order valence-corrected chi connectivity index (χ1v) is 10.0. The number of hydrogen-bond donors (Lipinski definition) is 2. The highest BCUT2D eigenvalue weighted by Crippen LogP contribution is 2.24. The van der Waals surface area contributed by atoms with Crippen LogP contribution >= 0.6 is 0 Å². The van der Waals surface area contributed by atoms with Gasteiger partial charge in [0, 0.05) is 50.9 Å². The third-order valence-corrected chi connectivity index (χ3v) is 5.52. The molecule has 1 aromatic carbocycles. The molecule has 8 heteroatoms. The lowest BCUT2D eigenvalue weighted by atomic mass is 10.2. The van der Waals surface area contributed by atoms with E-state index in [1.807, 2.05) is 19.2 Å². The highest BCUT2D eigenvalue weighted by Gasteiger charge is 2.24. The van der Waals surface area contributed by atoms with Crippen molar-refractivity contribution in [2.45, 2.75) is 44.8 Å². The Kier molecular flexibility index (Phi) is 5.64. The summed E-state index contributed by atoms with van der Waals surface area (Å²) in [5.74, 6) is 3.80. The molecule has 28 heavy (non-hydrogen) atoms. The van der Waals surface area contributed by atoms with Gasteiger partial charge < -0.3 is 24.8 Å². The Labute approximate surface area is 166 Å². The molecule has 2 aromatic rings. The Balaban J connectivity index is 1.31. The molecule has 2 N–H and O–H groups in total. The molecule has 1 atom stereocenters. The SMILES string of the molecule is CN=C(NCc1nnc2n1CCCC2)NC1CCN(c2cccc(OC)c2)C1. The normalized spacial score (nSPS) is 19.4. The van der Waals surface area contributed by atoms with E-state index in [1.165, 1.54) is 18.5 Å². The molecule has 0 amide bonds. The summed E-state index contributed by atoms with van der Waals surface area (Å²) in [5.41, 5.74) is 1.20. The average Bonchev–Trinajstić information content (AvgIpc) is 3.38. The third kappa shape index (κ3) is 4.05. The molecule has 0 spiro atoms. The van der Waals surface area contributed by atoms with Gasteiger partial charge >= 0.3 is 0 Å². The summed E-state index contributed by atoms with van der Waals surface area (Å²) in [5, 5.41) is 15.6. The minimum Gasteiger partial charge on any atom is -0.497 e. The predicted octanol–water partition coefficient (Wildman–Crippen LogP) is 1.57. The van der Waals surface area contributed by atoms with Crippen LogP contribution in [0.1, 0.15) is 30.9 Å². The quantitative estimate of drug-likeness (QED) is 0.603. The molecule has 8 nitrogen and oxygen atoms in total. The van der Waals surface area contributed by atoms with E-state index in [9.17, 15) is 0 Å². The van der Waals surface area contributed by atoms with Crippen molar-refractivity contribution in [1.82, 2.24) is 25.4 Å². The summed E-state index contributed by atoms with van der Waals surface area (Å²) in [4.78, 5) is 6.76. The lowest BCUT2D eigenvalue weighted by Crippen LogP contribution is -2.44. The van der Waals surface area contributed by atoms with Gasteiger partial charge in [0.25, 0.3) is 0 Å². The Morgan fingerprint density at radius 3 is 3.07 bits per heavy atom. The van der Waals surface area contributed by atoms with Crippen LogP contribution < -0.4 is 20.3 Å². The second-order valence-corrected chi connectivity index (χ2v) is 7.34. The fourth-order valence-electron chi connectivity index (χ4n) is 3.97. The van der Waals surface area contributed by atoms with Crippen LogP contribution in [0.25, 0.3) is 0 Å². The lowest BCUT2D eigenvalue weighted by Gasteiger charge is -2.21. The second kappa shape index (κ2) is 8.50. The molecule has 1 saturated heterocycles. The number of aryl methyl sites for hydroxylation is 1. The van der Waals surface area contributed by atoms with Crippen LogP contribution in [0.5, 0.6) is 5.75 Å². The number of nitrogens with zero attached hydrogens (tertiary/aromatic N) is 5. The number of aromatic nitrogens is 3. The van der Waals surface area contributed by atoms with Gasteiger partial charge in [-0.3, -0.25) is 4.99 Å². The molecule has 2 aliphatic rings. The molecule has 0 aliphatic carbocycles. The summed E-state index contributed by atoms with van der Waals surface area (Å²) in [6.45, 7) is 3.61. The number of rotatable bonds is 5. The second-order valence-electron chi connectivity index (χ2n) is 7.34. The van der Waals surface area contributed by atoms with Gasteiger partial charge in [-0.15, -0.1) is 10.2 Å². The fourth-order valence-corrected chi connectivity index (χ4v) is 3.97. The van der Waals surface area contributed by atoms with Crippen LogP contribution in [0, 0.1) is 0 Å². The van der Waals surface area contributed by atoms with Crippen LogP contribution in [0.15, 0.2) is 29.3 Å². The Bertz CT molecular complexity index is 832. The lowest BCUT2D eigenvalue weighted by molar-refractivity contribution is 0.415. The maximum Gasteiger partial charge on any atom is 0.191 e. The van der Waals surface area contributed by atoms with Crippen LogP contribution in [0.2, 0.25) is 0 Å². The van der Waals surface area contributed by atoms with Crippen molar-refractivity contribution in [3.63, 3.8) is 0 Å². The molecule has 0 bridgehead atoms. The summed E-state index contributed by atoms with van der Waals surface area (Å²) in [7, 11) is 3.51. The summed E-state index contributed by atoms with van der Waals surface area (Å²) >= 11 is 0. The smallest absolute Gasteiger partial charge is 0.191 e. The van der Waals surface area contributed by atoms with Crippen molar-refractivity contribution in [3.8, 4) is 5.75 Å². The number of nitrogens with one attached hydrogen (secondary N) is 2. The van der Waals surface area contributed by atoms with Crippen molar-refractivity contribution >= 4 is 11.6 Å². The number of methoxy groups -OCH3 is 1. The molecule has 3 heterocycles. The maximum absolute atomic E-state index is 5.35. The minimum atomic E-state index is 0.352. The number of benzene rings is 1. The molecule has 1 unspecified atom stereocenters. The van der Waals surface area contributed by atoms with Gasteiger partial charge in [0.05, 0.1) is 13.7 Å². The van der Waals surface area contributed by atoms with Crippen molar-refractivity contribution in [3.05, 3.63) is 35.9 Å². The van der Waals surface area contributed by atoms with E-state index in [2.05, 4.69) is 47.4 Å². The molecule has 0 radical (unpaired) electrons. The molecule has 150 valence electrons. The number of ether oxygens (including phenoxy) is 1. The predicted molar refractivity (Wildman–Crippen MR) is 110 cm³/mol. The monoisotopic (exact) mass is 383 g/mol. The molecular weight excluding hydrogens is 354 g/mol. The van der Waals surface area contributed by atoms with Crippen molar-refractivity contribution in [1.29, 1.82) is 0 Å². The van der Waals surface area contributed by atoms with E-state index in [-0.39, 0.29) is 0 Å². The van der Waals surface area contributed by atoms with Crippen LogP contribution in [-0.4, -0.2) is 54.0 Å². The van der Waals surface area contributed by atoms with Gasteiger partial charge in [-0.2, -0.15) is 0 Å². The molecule has 1 fully saturated rings. The number of hydrogen-bond acceptors (Lipinski definition) is 5. The molecule has 0 saturated carbocycles. The first-order valence-electron chi connectivity index (χ1n) is 10.0. The van der Waals surface area contributed by atoms with Crippen LogP contribution in [0.3, 0.4) is 0 Å². The van der Waals surface area contributed by atoms with Crippen molar-refractivity contribution in [2.75, 3.05) is 32.1 Å². The zero-order chi connectivity index (χ0) is 19.3. The highest BCUT2D eigenvalue weighted by molar-refractivity contribution is 5.80. The zero-order valence-corrected chi connectivity index (χ0v) is 16.7. The molecular formula is C20H29N7O.